The van der Waals surface area contributed by atoms with E-state index in [4.69, 9.17) is 0 Å². The average Bonchev–Trinajstić information content (AvgIpc) is 2.77. The van der Waals surface area contributed by atoms with Crippen LogP contribution in [0.25, 0.3) is 10.9 Å². The fourth-order valence-electron chi connectivity index (χ4n) is 3.51. The van der Waals surface area contributed by atoms with Crippen LogP contribution in [0.2, 0.25) is 0 Å². The summed E-state index contributed by atoms with van der Waals surface area (Å²) in [6, 6.07) is 6.93. The summed E-state index contributed by atoms with van der Waals surface area (Å²) in [6.45, 7) is 9.43. The maximum absolute atomic E-state index is 3.82. The van der Waals surface area contributed by atoms with Crippen molar-refractivity contribution in [3.05, 3.63) is 47.7 Å². The van der Waals surface area contributed by atoms with Crippen LogP contribution in [0.4, 0.5) is 0 Å². The van der Waals surface area contributed by atoms with Crippen molar-refractivity contribution in [2.75, 3.05) is 13.6 Å². The van der Waals surface area contributed by atoms with Crippen molar-refractivity contribution in [1.82, 2.24) is 9.47 Å². The number of rotatable bonds is 5. The molecule has 21 heavy (non-hydrogen) atoms. The molecule has 0 N–H and O–H groups in total. The first-order valence-corrected chi connectivity index (χ1v) is 8.10. The third-order valence-corrected chi connectivity index (χ3v) is 4.64. The molecule has 3 rings (SSSR count). The predicted octanol–water partition coefficient (Wildman–Crippen LogP) is 4.29. The number of aryl methyl sites for hydroxylation is 2. The van der Waals surface area contributed by atoms with Gasteiger partial charge in [-0.2, -0.15) is 0 Å². The molecule has 1 aliphatic heterocycles. The van der Waals surface area contributed by atoms with E-state index in [-0.39, 0.29) is 0 Å². The zero-order valence-electron chi connectivity index (χ0n) is 13.4. The minimum absolute atomic E-state index is 1.09. The fourth-order valence-corrected chi connectivity index (χ4v) is 3.51. The van der Waals surface area contributed by atoms with E-state index in [0.29, 0.717) is 0 Å². The number of nitrogens with zero attached hydrogens (tertiary/aromatic N) is 2. The molecule has 0 bridgehead atoms. The van der Waals surface area contributed by atoms with Gasteiger partial charge in [0.25, 0.3) is 0 Å². The van der Waals surface area contributed by atoms with Gasteiger partial charge in [-0.3, -0.25) is 0 Å². The molecule has 2 aromatic rings. The van der Waals surface area contributed by atoms with Crippen molar-refractivity contribution in [3.63, 3.8) is 0 Å². The number of unbranched alkanes of at least 4 members (excludes halogenated alkanes) is 2. The van der Waals surface area contributed by atoms with Gasteiger partial charge in [0.2, 0.25) is 0 Å². The summed E-state index contributed by atoms with van der Waals surface area (Å²) in [6.07, 6.45) is 6.82. The van der Waals surface area contributed by atoms with Gasteiger partial charge in [0, 0.05) is 42.7 Å². The lowest BCUT2D eigenvalue weighted by atomic mass is 10.0. The summed E-state index contributed by atoms with van der Waals surface area (Å²) in [4.78, 5) is 2.44. The van der Waals surface area contributed by atoms with E-state index < -0.39 is 0 Å². The van der Waals surface area contributed by atoms with Crippen molar-refractivity contribution in [2.45, 2.75) is 45.7 Å². The van der Waals surface area contributed by atoms with Gasteiger partial charge in [-0.15, -0.1) is 6.58 Å². The van der Waals surface area contributed by atoms with Crippen molar-refractivity contribution >= 4 is 10.9 Å². The van der Waals surface area contributed by atoms with Gasteiger partial charge in [0.1, 0.15) is 0 Å². The lowest BCUT2D eigenvalue weighted by Crippen LogP contribution is -2.27. The third kappa shape index (κ3) is 2.77. The second-order valence-corrected chi connectivity index (χ2v) is 6.37. The van der Waals surface area contributed by atoms with Crippen LogP contribution in [0.5, 0.6) is 0 Å². The van der Waals surface area contributed by atoms with Gasteiger partial charge < -0.3 is 9.47 Å². The summed E-state index contributed by atoms with van der Waals surface area (Å²) in [5.41, 5.74) is 5.93. The molecule has 2 nitrogen and oxygen atoms in total. The Hall–Kier alpha value is -1.54. The Morgan fingerprint density at radius 2 is 2.14 bits per heavy atom. The normalized spacial score (nSPS) is 15.3. The Bertz CT molecular complexity index is 651. The van der Waals surface area contributed by atoms with Gasteiger partial charge in [-0.25, -0.2) is 0 Å². The maximum atomic E-state index is 3.82. The summed E-state index contributed by atoms with van der Waals surface area (Å²) in [5.74, 6) is 0. The van der Waals surface area contributed by atoms with Gasteiger partial charge in [-0.05, 0) is 50.9 Å². The van der Waals surface area contributed by atoms with Crippen LogP contribution in [0.15, 0.2) is 30.9 Å². The van der Waals surface area contributed by atoms with Crippen molar-refractivity contribution in [3.8, 4) is 0 Å². The highest BCUT2D eigenvalue weighted by Gasteiger charge is 2.21. The van der Waals surface area contributed by atoms with Crippen LogP contribution < -0.4 is 0 Å². The Labute approximate surface area is 128 Å². The first-order chi connectivity index (χ1) is 10.2. The standard InChI is InChI=1S/C19H26N2/c1-4-5-6-7-11-21-18-9-8-15(2)13-16(18)17-14-20(3)12-10-19(17)21/h4,8-9,13H,1,5-7,10-12,14H2,2-3H3. The van der Waals surface area contributed by atoms with Gasteiger partial charge in [0.15, 0.2) is 0 Å². The van der Waals surface area contributed by atoms with Crippen molar-refractivity contribution in [2.24, 2.45) is 0 Å². The molecule has 1 aliphatic rings. The molecule has 0 aliphatic carbocycles. The van der Waals surface area contributed by atoms with Crippen LogP contribution in [0.3, 0.4) is 0 Å². The molecule has 2 heteroatoms. The molecule has 112 valence electrons. The number of hydrogen-bond donors (Lipinski definition) is 0. The molecule has 0 fully saturated rings. The first kappa shape index (κ1) is 14.4. The SMILES string of the molecule is C=CCCCCn1c2c(c3cc(C)ccc31)CN(C)CC2. The molecule has 0 unspecified atom stereocenters. The summed E-state index contributed by atoms with van der Waals surface area (Å²) in [7, 11) is 2.23. The van der Waals surface area contributed by atoms with E-state index in [1.807, 2.05) is 6.08 Å². The highest BCUT2D eigenvalue weighted by molar-refractivity contribution is 5.86. The van der Waals surface area contributed by atoms with Crippen LogP contribution in [0, 0.1) is 6.92 Å². The van der Waals surface area contributed by atoms with Crippen LogP contribution in [-0.4, -0.2) is 23.1 Å². The van der Waals surface area contributed by atoms with Gasteiger partial charge in [0.05, 0.1) is 0 Å². The van der Waals surface area contributed by atoms with Gasteiger partial charge in [-0.1, -0.05) is 17.7 Å². The van der Waals surface area contributed by atoms with Crippen molar-refractivity contribution < 1.29 is 0 Å². The molecular weight excluding hydrogens is 256 g/mol. The van der Waals surface area contributed by atoms with Gasteiger partial charge >= 0.3 is 0 Å². The topological polar surface area (TPSA) is 8.17 Å². The molecule has 1 aromatic heterocycles. The average molecular weight is 282 g/mol. The largest absolute Gasteiger partial charge is 0.344 e. The number of aromatic nitrogens is 1. The Morgan fingerprint density at radius 1 is 1.29 bits per heavy atom. The second-order valence-electron chi connectivity index (χ2n) is 6.37. The summed E-state index contributed by atoms with van der Waals surface area (Å²) >= 11 is 0. The Kier molecular flexibility index (Phi) is 4.16. The zero-order chi connectivity index (χ0) is 14.8. The van der Waals surface area contributed by atoms with E-state index in [0.717, 1.165) is 19.5 Å². The monoisotopic (exact) mass is 282 g/mol. The van der Waals surface area contributed by atoms with E-state index in [2.05, 4.69) is 48.2 Å². The Morgan fingerprint density at radius 3 is 2.95 bits per heavy atom. The first-order valence-electron chi connectivity index (χ1n) is 8.10. The molecule has 2 heterocycles. The molecule has 0 atom stereocenters. The highest BCUT2D eigenvalue weighted by atomic mass is 15.1. The zero-order valence-corrected chi connectivity index (χ0v) is 13.4. The summed E-state index contributed by atoms with van der Waals surface area (Å²) in [5, 5.41) is 1.47. The minimum Gasteiger partial charge on any atom is -0.344 e. The second kappa shape index (κ2) is 6.07. The van der Waals surface area contributed by atoms with Crippen molar-refractivity contribution in [1.29, 1.82) is 0 Å². The fraction of sp³-hybridized carbons (Fsp3) is 0.474. The molecule has 0 saturated carbocycles. The molecule has 0 spiro atoms. The van der Waals surface area contributed by atoms with E-state index in [1.54, 1.807) is 11.3 Å². The number of benzene rings is 1. The van der Waals surface area contributed by atoms with E-state index in [9.17, 15) is 0 Å². The molecule has 0 amide bonds. The number of allylic oxidation sites excluding steroid dienone is 1. The Balaban J connectivity index is 2.00. The maximum Gasteiger partial charge on any atom is 0.0486 e. The minimum atomic E-state index is 1.09. The van der Waals surface area contributed by atoms with Crippen LogP contribution in [0.1, 0.15) is 36.1 Å². The van der Waals surface area contributed by atoms with E-state index >= 15 is 0 Å². The molecule has 1 aromatic carbocycles. The number of fused-ring (bicyclic) bond motifs is 3. The molecule has 0 saturated heterocycles. The quantitative estimate of drug-likeness (QED) is 0.586. The smallest absolute Gasteiger partial charge is 0.0486 e. The number of hydrogen-bond acceptors (Lipinski definition) is 1. The highest BCUT2D eigenvalue weighted by Crippen LogP contribution is 2.31. The third-order valence-electron chi connectivity index (χ3n) is 4.64. The number of likely N-dealkylation sites (N-methyl/N-ethyl adjacent to an activating group) is 1. The molecule has 0 radical (unpaired) electrons. The van der Waals surface area contributed by atoms with Crippen LogP contribution >= 0.6 is 0 Å². The van der Waals surface area contributed by atoms with E-state index in [1.165, 1.54) is 42.3 Å². The van der Waals surface area contributed by atoms with Crippen LogP contribution in [-0.2, 0) is 19.5 Å². The summed E-state index contributed by atoms with van der Waals surface area (Å²) < 4.78 is 2.58. The lowest BCUT2D eigenvalue weighted by Gasteiger charge is -2.24. The predicted molar refractivity (Wildman–Crippen MR) is 90.8 cm³/mol. The lowest BCUT2D eigenvalue weighted by molar-refractivity contribution is 0.309. The molecular formula is C19H26N2.